The van der Waals surface area contributed by atoms with E-state index in [2.05, 4.69) is 15.6 Å². The van der Waals surface area contributed by atoms with Gasteiger partial charge in [0.15, 0.2) is 0 Å². The maximum absolute atomic E-state index is 11.9. The van der Waals surface area contributed by atoms with Crippen LogP contribution in [0.1, 0.15) is 15.9 Å². The minimum absolute atomic E-state index is 0.153. The molecule has 0 atom stereocenters. The van der Waals surface area contributed by atoms with Crippen LogP contribution < -0.4 is 10.6 Å². The Morgan fingerprint density at radius 3 is 2.65 bits per heavy atom. The molecule has 0 aliphatic carbocycles. The smallest absolute Gasteiger partial charge is 0.335 e. The van der Waals surface area contributed by atoms with Crippen LogP contribution in [0.2, 0.25) is 0 Å². The highest BCUT2D eigenvalue weighted by Gasteiger charge is 2.20. The zero-order valence-corrected chi connectivity index (χ0v) is 12.0. The van der Waals surface area contributed by atoms with E-state index in [-0.39, 0.29) is 23.1 Å². The van der Waals surface area contributed by atoms with E-state index in [0.717, 1.165) is 5.56 Å². The predicted molar refractivity (Wildman–Crippen MR) is 87.0 cm³/mol. The molecule has 0 aromatic heterocycles. The lowest BCUT2D eigenvalue weighted by Gasteiger charge is -2.05. The number of carbonyl (C=O) groups excluding carboxylic acids is 1. The SMILES string of the molecule is O=C1NC(Nc2cccc(C(=O)O)c2)=N/C1=C\c1ccccc1. The van der Waals surface area contributed by atoms with E-state index in [1.807, 2.05) is 30.3 Å². The van der Waals surface area contributed by atoms with Gasteiger partial charge in [-0.25, -0.2) is 9.79 Å². The fraction of sp³-hybridized carbons (Fsp3) is 0. The van der Waals surface area contributed by atoms with Crippen molar-refractivity contribution >= 4 is 29.6 Å². The molecule has 1 aliphatic rings. The summed E-state index contributed by atoms with van der Waals surface area (Å²) in [5.41, 5.74) is 1.84. The van der Waals surface area contributed by atoms with Gasteiger partial charge in [0.2, 0.25) is 5.96 Å². The average Bonchev–Trinajstić information content (AvgIpc) is 2.88. The van der Waals surface area contributed by atoms with Crippen molar-refractivity contribution in [1.82, 2.24) is 5.32 Å². The normalized spacial score (nSPS) is 15.2. The summed E-state index contributed by atoms with van der Waals surface area (Å²) in [7, 11) is 0. The maximum Gasteiger partial charge on any atom is 0.335 e. The highest BCUT2D eigenvalue weighted by Crippen LogP contribution is 2.15. The Labute approximate surface area is 132 Å². The first-order valence-electron chi connectivity index (χ1n) is 6.89. The summed E-state index contributed by atoms with van der Waals surface area (Å²) >= 11 is 0. The summed E-state index contributed by atoms with van der Waals surface area (Å²) in [6, 6.07) is 15.7. The van der Waals surface area contributed by atoms with Crippen molar-refractivity contribution in [2.24, 2.45) is 4.99 Å². The summed E-state index contributed by atoms with van der Waals surface area (Å²) in [5.74, 6) is -1.07. The lowest BCUT2D eigenvalue weighted by atomic mass is 10.2. The van der Waals surface area contributed by atoms with Crippen LogP contribution in [0.5, 0.6) is 0 Å². The van der Waals surface area contributed by atoms with Crippen LogP contribution in [0.3, 0.4) is 0 Å². The molecule has 0 fully saturated rings. The number of aromatic carboxylic acids is 1. The number of guanidine groups is 1. The number of hydrogen-bond acceptors (Lipinski definition) is 4. The van der Waals surface area contributed by atoms with Gasteiger partial charge in [0, 0.05) is 5.69 Å². The van der Waals surface area contributed by atoms with Gasteiger partial charge in [0.1, 0.15) is 5.70 Å². The summed E-state index contributed by atoms with van der Waals surface area (Å²) < 4.78 is 0. The molecule has 0 saturated heterocycles. The number of aliphatic imine (C=N–C) groups is 1. The third-order valence-electron chi connectivity index (χ3n) is 3.17. The summed E-state index contributed by atoms with van der Waals surface area (Å²) in [6.45, 7) is 0. The molecular weight excluding hydrogens is 294 g/mol. The van der Waals surface area contributed by atoms with Crippen LogP contribution >= 0.6 is 0 Å². The van der Waals surface area contributed by atoms with Crippen molar-refractivity contribution in [1.29, 1.82) is 0 Å². The zero-order valence-electron chi connectivity index (χ0n) is 12.0. The van der Waals surface area contributed by atoms with Crippen LogP contribution in [0.4, 0.5) is 5.69 Å². The lowest BCUT2D eigenvalue weighted by molar-refractivity contribution is -0.115. The molecule has 0 saturated carbocycles. The molecule has 3 rings (SSSR count). The van der Waals surface area contributed by atoms with Gasteiger partial charge in [0.05, 0.1) is 5.56 Å². The molecule has 1 aliphatic heterocycles. The van der Waals surface area contributed by atoms with Crippen molar-refractivity contribution < 1.29 is 14.7 Å². The number of hydrogen-bond donors (Lipinski definition) is 3. The fourth-order valence-electron chi connectivity index (χ4n) is 2.10. The first kappa shape index (κ1) is 14.5. The standard InChI is InChI=1S/C17H13N3O3/c21-15-14(9-11-5-2-1-3-6-11)19-17(20-15)18-13-8-4-7-12(10-13)16(22)23/h1-10H,(H,22,23)(H2,18,19,20,21)/b14-9-. The van der Waals surface area contributed by atoms with Crippen LogP contribution in [0.25, 0.3) is 6.08 Å². The molecular formula is C17H13N3O3. The molecule has 6 heteroatoms. The van der Waals surface area contributed by atoms with Gasteiger partial charge in [-0.1, -0.05) is 36.4 Å². The van der Waals surface area contributed by atoms with Gasteiger partial charge in [0.25, 0.3) is 5.91 Å². The van der Waals surface area contributed by atoms with E-state index >= 15 is 0 Å². The second-order valence-electron chi connectivity index (χ2n) is 4.87. The van der Waals surface area contributed by atoms with Crippen molar-refractivity contribution in [2.45, 2.75) is 0 Å². The van der Waals surface area contributed by atoms with Crippen molar-refractivity contribution in [2.75, 3.05) is 5.32 Å². The van der Waals surface area contributed by atoms with E-state index in [0.29, 0.717) is 5.69 Å². The van der Waals surface area contributed by atoms with Crippen molar-refractivity contribution in [3.05, 3.63) is 71.4 Å². The number of carboxylic acid groups (broad SMARTS) is 1. The molecule has 0 spiro atoms. The number of nitrogens with zero attached hydrogens (tertiary/aromatic N) is 1. The monoisotopic (exact) mass is 307 g/mol. The molecule has 0 radical (unpaired) electrons. The average molecular weight is 307 g/mol. The number of carbonyl (C=O) groups is 2. The quantitative estimate of drug-likeness (QED) is 0.759. The zero-order chi connectivity index (χ0) is 16.2. The lowest BCUT2D eigenvalue weighted by Crippen LogP contribution is -2.30. The van der Waals surface area contributed by atoms with Crippen LogP contribution in [-0.2, 0) is 4.79 Å². The Balaban J connectivity index is 1.81. The van der Waals surface area contributed by atoms with E-state index in [4.69, 9.17) is 5.11 Å². The van der Waals surface area contributed by atoms with Gasteiger partial charge in [-0.15, -0.1) is 0 Å². The van der Waals surface area contributed by atoms with E-state index in [1.54, 1.807) is 18.2 Å². The molecule has 2 aromatic rings. The number of nitrogens with one attached hydrogen (secondary N) is 2. The molecule has 2 aromatic carbocycles. The molecule has 23 heavy (non-hydrogen) atoms. The maximum atomic E-state index is 11.9. The number of carboxylic acids is 1. The van der Waals surface area contributed by atoms with Crippen LogP contribution in [0.15, 0.2) is 65.3 Å². The topological polar surface area (TPSA) is 90.8 Å². The Kier molecular flexibility index (Phi) is 3.88. The second-order valence-corrected chi connectivity index (χ2v) is 4.87. The summed E-state index contributed by atoms with van der Waals surface area (Å²) in [4.78, 5) is 27.1. The number of anilines is 1. The van der Waals surface area contributed by atoms with Crippen molar-refractivity contribution in [3.8, 4) is 0 Å². The molecule has 6 nitrogen and oxygen atoms in total. The predicted octanol–water partition coefficient (Wildman–Crippen LogP) is 2.32. The summed E-state index contributed by atoms with van der Waals surface area (Å²) in [5, 5.41) is 14.5. The van der Waals surface area contributed by atoms with Gasteiger partial charge in [-0.2, -0.15) is 0 Å². The second kappa shape index (κ2) is 6.15. The van der Waals surface area contributed by atoms with Crippen molar-refractivity contribution in [3.63, 3.8) is 0 Å². The van der Waals surface area contributed by atoms with Crippen LogP contribution in [0, 0.1) is 0 Å². The Morgan fingerprint density at radius 1 is 1.13 bits per heavy atom. The number of amides is 1. The first-order chi connectivity index (χ1) is 11.1. The first-order valence-corrected chi connectivity index (χ1v) is 6.89. The van der Waals surface area contributed by atoms with Crippen LogP contribution in [-0.4, -0.2) is 22.9 Å². The van der Waals surface area contributed by atoms with E-state index in [1.165, 1.54) is 12.1 Å². The number of rotatable bonds is 3. The Bertz CT molecular complexity index is 826. The molecule has 1 heterocycles. The minimum Gasteiger partial charge on any atom is -0.478 e. The van der Waals surface area contributed by atoms with Gasteiger partial charge < -0.3 is 10.4 Å². The van der Waals surface area contributed by atoms with Gasteiger partial charge in [-0.3, -0.25) is 10.1 Å². The molecule has 0 bridgehead atoms. The third kappa shape index (κ3) is 3.44. The molecule has 114 valence electrons. The number of benzene rings is 2. The highest BCUT2D eigenvalue weighted by molar-refractivity contribution is 6.17. The highest BCUT2D eigenvalue weighted by atomic mass is 16.4. The van der Waals surface area contributed by atoms with E-state index < -0.39 is 5.97 Å². The van der Waals surface area contributed by atoms with E-state index in [9.17, 15) is 9.59 Å². The summed E-state index contributed by atoms with van der Waals surface area (Å²) in [6.07, 6.45) is 1.68. The Hall–Kier alpha value is -3.41. The molecule has 1 amide bonds. The third-order valence-corrected chi connectivity index (χ3v) is 3.17. The minimum atomic E-state index is -1.02. The Morgan fingerprint density at radius 2 is 1.91 bits per heavy atom. The molecule has 0 unspecified atom stereocenters. The molecule has 3 N–H and O–H groups in total. The van der Waals surface area contributed by atoms with Gasteiger partial charge in [-0.05, 0) is 29.8 Å². The largest absolute Gasteiger partial charge is 0.478 e. The van der Waals surface area contributed by atoms with Gasteiger partial charge >= 0.3 is 5.97 Å². The fourth-order valence-corrected chi connectivity index (χ4v) is 2.10.